The van der Waals surface area contributed by atoms with Gasteiger partial charge in [0.25, 0.3) is 0 Å². The summed E-state index contributed by atoms with van der Waals surface area (Å²) >= 11 is 10.3. The van der Waals surface area contributed by atoms with E-state index in [0.717, 1.165) is 9.87 Å². The molecule has 0 saturated carbocycles. The molecule has 0 fully saturated rings. The Labute approximate surface area is 150 Å². The number of halogens is 1. The molecule has 0 bridgehead atoms. The van der Waals surface area contributed by atoms with Gasteiger partial charge in [-0.05, 0) is 54.9 Å². The molecule has 0 atom stereocenters. The van der Waals surface area contributed by atoms with Crippen LogP contribution in [0.5, 0.6) is 0 Å². The maximum Gasteiger partial charge on any atom is 0.336 e. The van der Waals surface area contributed by atoms with E-state index in [1.807, 2.05) is 6.07 Å². The van der Waals surface area contributed by atoms with E-state index in [9.17, 15) is 9.59 Å². The summed E-state index contributed by atoms with van der Waals surface area (Å²) in [4.78, 5) is 23.3. The number of carbonyl (C=O) groups is 2. The van der Waals surface area contributed by atoms with E-state index in [4.69, 9.17) is 23.1 Å². The summed E-state index contributed by atoms with van der Waals surface area (Å²) in [6.07, 6.45) is 0.665. The Kier molecular flexibility index (Phi) is 6.08. The van der Waals surface area contributed by atoms with Gasteiger partial charge in [0.05, 0.1) is 5.69 Å². The van der Waals surface area contributed by atoms with Crippen molar-refractivity contribution in [1.82, 2.24) is 0 Å². The van der Waals surface area contributed by atoms with Gasteiger partial charge in [-0.15, -0.1) is 0 Å². The summed E-state index contributed by atoms with van der Waals surface area (Å²) in [6, 6.07) is 10.9. The zero-order valence-electron chi connectivity index (χ0n) is 12.7. The standard InChI is InChI=1S/C16H17ClN4O2S/c17-14-9-12(4-1-10(14)7-8-18)20-16(23)21(24)13-5-2-11(3-6-13)15(19)22/h1-6,9,24H,7-8,18H2,(H2,19,22)(H,20,23). The van der Waals surface area contributed by atoms with E-state index in [1.54, 1.807) is 24.3 Å². The number of primary amides is 1. The third-order valence-electron chi connectivity index (χ3n) is 3.31. The minimum absolute atomic E-state index is 0.350. The lowest BCUT2D eigenvalue weighted by atomic mass is 10.1. The van der Waals surface area contributed by atoms with Crippen LogP contribution in [-0.2, 0) is 6.42 Å². The van der Waals surface area contributed by atoms with Crippen molar-refractivity contribution in [1.29, 1.82) is 0 Å². The Morgan fingerprint density at radius 3 is 2.38 bits per heavy atom. The number of urea groups is 1. The second-order valence-electron chi connectivity index (χ2n) is 5.00. The molecule has 126 valence electrons. The van der Waals surface area contributed by atoms with Crippen molar-refractivity contribution < 1.29 is 9.59 Å². The van der Waals surface area contributed by atoms with E-state index in [-0.39, 0.29) is 0 Å². The van der Waals surface area contributed by atoms with Crippen LogP contribution in [-0.4, -0.2) is 18.5 Å². The number of carbonyl (C=O) groups excluding carboxylic acids is 2. The number of hydrogen-bond donors (Lipinski definition) is 4. The minimum atomic E-state index is -0.538. The molecule has 0 aliphatic carbocycles. The van der Waals surface area contributed by atoms with Crippen LogP contribution in [0.15, 0.2) is 42.5 Å². The Balaban J connectivity index is 2.08. The molecule has 5 N–H and O–H groups in total. The number of hydrogen-bond acceptors (Lipinski definition) is 4. The Morgan fingerprint density at radius 2 is 1.83 bits per heavy atom. The van der Waals surface area contributed by atoms with Gasteiger partial charge < -0.3 is 16.8 Å². The zero-order chi connectivity index (χ0) is 17.7. The van der Waals surface area contributed by atoms with Crippen LogP contribution < -0.4 is 21.1 Å². The molecule has 0 spiro atoms. The molecule has 0 unspecified atom stereocenters. The molecular weight excluding hydrogens is 348 g/mol. The second kappa shape index (κ2) is 8.05. The summed E-state index contributed by atoms with van der Waals surface area (Å²) in [5.41, 5.74) is 13.0. The summed E-state index contributed by atoms with van der Waals surface area (Å²) in [6.45, 7) is 0.497. The van der Waals surface area contributed by atoms with E-state index >= 15 is 0 Å². The molecule has 0 radical (unpaired) electrons. The third kappa shape index (κ3) is 4.41. The van der Waals surface area contributed by atoms with Gasteiger partial charge in [-0.1, -0.05) is 30.5 Å². The van der Waals surface area contributed by atoms with E-state index in [0.29, 0.717) is 34.9 Å². The second-order valence-corrected chi connectivity index (χ2v) is 5.81. The van der Waals surface area contributed by atoms with Gasteiger partial charge in [0.15, 0.2) is 0 Å². The highest BCUT2D eigenvalue weighted by Gasteiger charge is 2.13. The molecule has 0 saturated heterocycles. The maximum atomic E-state index is 12.2. The average Bonchev–Trinajstić information content (AvgIpc) is 2.56. The van der Waals surface area contributed by atoms with E-state index < -0.39 is 11.9 Å². The SMILES string of the molecule is NCCc1ccc(NC(=O)N(S)c2ccc(C(N)=O)cc2)cc1Cl. The highest BCUT2D eigenvalue weighted by molar-refractivity contribution is 7.82. The fourth-order valence-electron chi connectivity index (χ4n) is 2.04. The van der Waals surface area contributed by atoms with Crippen LogP contribution in [0, 0.1) is 0 Å². The van der Waals surface area contributed by atoms with Gasteiger partial charge in [0.1, 0.15) is 0 Å². The lowest BCUT2D eigenvalue weighted by Gasteiger charge is -2.17. The predicted octanol–water partition coefficient (Wildman–Crippen LogP) is 2.82. The summed E-state index contributed by atoms with van der Waals surface area (Å²) < 4.78 is 1.12. The normalized spacial score (nSPS) is 10.3. The monoisotopic (exact) mass is 364 g/mol. The molecule has 2 aromatic rings. The van der Waals surface area contributed by atoms with Crippen LogP contribution in [0.4, 0.5) is 16.2 Å². The molecule has 0 aromatic heterocycles. The Bertz CT molecular complexity index is 752. The summed E-state index contributed by atoms with van der Waals surface area (Å²) in [5, 5.41) is 3.23. The number of nitrogens with zero attached hydrogens (tertiary/aromatic N) is 1. The molecule has 0 aliphatic heterocycles. The van der Waals surface area contributed by atoms with Crippen LogP contribution >= 0.6 is 24.4 Å². The topological polar surface area (TPSA) is 101 Å². The molecule has 24 heavy (non-hydrogen) atoms. The number of anilines is 2. The van der Waals surface area contributed by atoms with Crippen molar-refractivity contribution in [3.8, 4) is 0 Å². The molecule has 8 heteroatoms. The third-order valence-corrected chi connectivity index (χ3v) is 4.07. The van der Waals surface area contributed by atoms with Crippen molar-refractivity contribution >= 4 is 47.7 Å². The minimum Gasteiger partial charge on any atom is -0.366 e. The van der Waals surface area contributed by atoms with Gasteiger partial charge >= 0.3 is 6.03 Å². The lowest BCUT2D eigenvalue weighted by molar-refractivity contribution is 0.100. The van der Waals surface area contributed by atoms with Gasteiger partial charge in [-0.3, -0.25) is 4.79 Å². The quantitative estimate of drug-likeness (QED) is 0.613. The van der Waals surface area contributed by atoms with Crippen molar-refractivity contribution in [3.63, 3.8) is 0 Å². The highest BCUT2D eigenvalue weighted by atomic mass is 35.5. The fourth-order valence-corrected chi connectivity index (χ4v) is 2.50. The molecular formula is C16H17ClN4O2S. The fraction of sp³-hybridized carbons (Fsp3) is 0.125. The summed E-state index contributed by atoms with van der Waals surface area (Å²) in [7, 11) is 0. The first-order valence-corrected chi connectivity index (χ1v) is 7.88. The smallest absolute Gasteiger partial charge is 0.336 e. The number of nitrogens with two attached hydrogens (primary N) is 2. The van der Waals surface area contributed by atoms with Gasteiger partial charge in [-0.2, -0.15) is 0 Å². The van der Waals surface area contributed by atoms with Crippen LogP contribution in [0.1, 0.15) is 15.9 Å². The van der Waals surface area contributed by atoms with Gasteiger partial charge in [0, 0.05) is 16.3 Å². The molecule has 0 aliphatic rings. The van der Waals surface area contributed by atoms with Gasteiger partial charge in [-0.25, -0.2) is 9.10 Å². The molecule has 6 nitrogen and oxygen atoms in total. The average molecular weight is 365 g/mol. The number of thiol groups is 1. The molecule has 0 heterocycles. The van der Waals surface area contributed by atoms with Gasteiger partial charge in [0.2, 0.25) is 5.91 Å². The van der Waals surface area contributed by atoms with Crippen molar-refractivity contribution in [2.75, 3.05) is 16.2 Å². The maximum absolute atomic E-state index is 12.2. The first-order chi connectivity index (χ1) is 11.4. The first-order valence-electron chi connectivity index (χ1n) is 7.10. The number of benzene rings is 2. The number of nitrogens with one attached hydrogen (secondary N) is 1. The first kappa shape index (κ1) is 18.1. The molecule has 2 rings (SSSR count). The van der Waals surface area contributed by atoms with Crippen molar-refractivity contribution in [2.45, 2.75) is 6.42 Å². The number of amides is 3. The number of rotatable bonds is 5. The Hall–Kier alpha value is -2.22. The van der Waals surface area contributed by atoms with Crippen LogP contribution in [0.25, 0.3) is 0 Å². The van der Waals surface area contributed by atoms with Crippen molar-refractivity contribution in [2.24, 2.45) is 11.5 Å². The summed E-state index contributed by atoms with van der Waals surface area (Å²) in [5.74, 6) is -0.538. The van der Waals surface area contributed by atoms with Crippen LogP contribution in [0.3, 0.4) is 0 Å². The zero-order valence-corrected chi connectivity index (χ0v) is 14.3. The predicted molar refractivity (Wildman–Crippen MR) is 99.7 cm³/mol. The highest BCUT2D eigenvalue weighted by Crippen LogP contribution is 2.23. The molecule has 3 amide bonds. The largest absolute Gasteiger partial charge is 0.366 e. The lowest BCUT2D eigenvalue weighted by Crippen LogP contribution is -2.26. The van der Waals surface area contributed by atoms with Crippen LogP contribution in [0.2, 0.25) is 5.02 Å². The van der Waals surface area contributed by atoms with Crippen molar-refractivity contribution in [3.05, 3.63) is 58.6 Å². The van der Waals surface area contributed by atoms with E-state index in [2.05, 4.69) is 18.1 Å². The Morgan fingerprint density at radius 1 is 1.17 bits per heavy atom. The molecule has 2 aromatic carbocycles. The van der Waals surface area contributed by atoms with E-state index in [1.165, 1.54) is 12.1 Å².